The summed E-state index contributed by atoms with van der Waals surface area (Å²) in [4.78, 5) is 2.71. The van der Waals surface area contributed by atoms with Gasteiger partial charge >= 0.3 is 0 Å². The van der Waals surface area contributed by atoms with E-state index in [-0.39, 0.29) is 0 Å². The van der Waals surface area contributed by atoms with Crippen LogP contribution in [-0.2, 0) is 0 Å². The summed E-state index contributed by atoms with van der Waals surface area (Å²) in [5, 5.41) is 1.16. The second kappa shape index (κ2) is 6.12. The van der Waals surface area contributed by atoms with Crippen LogP contribution in [0.4, 0.5) is 0 Å². The molecule has 1 fully saturated rings. The Morgan fingerprint density at radius 1 is 1.43 bits per heavy atom. The number of hydrogen-bond acceptors (Lipinski definition) is 1. The van der Waals surface area contributed by atoms with Crippen molar-refractivity contribution in [3.63, 3.8) is 0 Å². The molecule has 2 heteroatoms. The molecule has 1 nitrogen and oxygen atoms in total. The molecule has 14 heavy (non-hydrogen) atoms. The van der Waals surface area contributed by atoms with Gasteiger partial charge in [0, 0.05) is 17.9 Å². The summed E-state index contributed by atoms with van der Waals surface area (Å²) in [5.41, 5.74) is 0. The number of likely N-dealkylation sites (tertiary alicyclic amines) is 1. The first-order chi connectivity index (χ1) is 6.69. The van der Waals surface area contributed by atoms with E-state index in [4.69, 9.17) is 0 Å². The van der Waals surface area contributed by atoms with Gasteiger partial charge in [0.2, 0.25) is 0 Å². The van der Waals surface area contributed by atoms with Gasteiger partial charge in [0.1, 0.15) is 0 Å². The normalized spacial score (nSPS) is 25.9. The van der Waals surface area contributed by atoms with Gasteiger partial charge in [-0.15, -0.1) is 0 Å². The molecule has 84 valence electrons. The van der Waals surface area contributed by atoms with Crippen molar-refractivity contribution in [3.8, 4) is 0 Å². The average Bonchev–Trinajstić information content (AvgIpc) is 2.62. The minimum absolute atomic E-state index is 0.824. The molecule has 0 N–H and O–H groups in total. The highest BCUT2D eigenvalue weighted by Gasteiger charge is 2.27. The first kappa shape index (κ1) is 12.5. The van der Waals surface area contributed by atoms with E-state index in [9.17, 15) is 0 Å². The Hall–Kier alpha value is 0.440. The van der Waals surface area contributed by atoms with E-state index in [0.717, 1.165) is 23.2 Å². The summed E-state index contributed by atoms with van der Waals surface area (Å²) < 4.78 is 0. The third-order valence-electron chi connectivity index (χ3n) is 3.47. The Balaban J connectivity index is 2.42. The van der Waals surface area contributed by atoms with E-state index >= 15 is 0 Å². The number of nitrogens with zero attached hydrogens (tertiary/aromatic N) is 1. The summed E-state index contributed by atoms with van der Waals surface area (Å²) >= 11 is 3.61. The van der Waals surface area contributed by atoms with Gasteiger partial charge in [-0.1, -0.05) is 43.1 Å². The van der Waals surface area contributed by atoms with Gasteiger partial charge in [-0.2, -0.15) is 0 Å². The third kappa shape index (κ3) is 3.23. The fraction of sp³-hybridized carbons (Fsp3) is 1.00. The maximum Gasteiger partial charge on any atom is 0.0119 e. The molecule has 0 aliphatic carbocycles. The highest BCUT2D eigenvalue weighted by Crippen LogP contribution is 2.25. The van der Waals surface area contributed by atoms with Crippen molar-refractivity contribution in [1.29, 1.82) is 0 Å². The van der Waals surface area contributed by atoms with E-state index in [1.807, 2.05) is 0 Å². The number of rotatable bonds is 5. The molecule has 2 unspecified atom stereocenters. The molecule has 1 heterocycles. The molecule has 0 aromatic heterocycles. The first-order valence-electron chi connectivity index (χ1n) is 5.99. The minimum atomic E-state index is 0.824. The third-order valence-corrected chi connectivity index (χ3v) is 4.39. The van der Waals surface area contributed by atoms with Crippen molar-refractivity contribution >= 4 is 15.9 Å². The van der Waals surface area contributed by atoms with E-state index in [0.29, 0.717) is 0 Å². The van der Waals surface area contributed by atoms with Crippen LogP contribution in [0.25, 0.3) is 0 Å². The zero-order chi connectivity index (χ0) is 10.6. The van der Waals surface area contributed by atoms with E-state index in [1.165, 1.54) is 32.4 Å². The lowest BCUT2D eigenvalue weighted by Crippen LogP contribution is -2.37. The van der Waals surface area contributed by atoms with Crippen LogP contribution < -0.4 is 0 Å². The Bertz CT molecular complexity index is 154. The monoisotopic (exact) mass is 261 g/mol. The predicted octanol–water partition coefficient (Wildman–Crippen LogP) is 3.53. The summed E-state index contributed by atoms with van der Waals surface area (Å²) in [6, 6.07) is 0.850. The largest absolute Gasteiger partial charge is 0.300 e. The number of alkyl halides is 1. The van der Waals surface area contributed by atoms with Crippen LogP contribution >= 0.6 is 15.9 Å². The molecule has 0 aromatic carbocycles. The van der Waals surface area contributed by atoms with Crippen molar-refractivity contribution in [2.24, 2.45) is 11.8 Å². The van der Waals surface area contributed by atoms with Crippen LogP contribution in [0.1, 0.15) is 40.0 Å². The smallest absolute Gasteiger partial charge is 0.0119 e. The maximum absolute atomic E-state index is 3.61. The van der Waals surface area contributed by atoms with Crippen LogP contribution in [0.3, 0.4) is 0 Å². The quantitative estimate of drug-likeness (QED) is 0.685. The molecular formula is C12H24BrN. The lowest BCUT2D eigenvalue weighted by molar-refractivity contribution is 0.182. The van der Waals surface area contributed by atoms with E-state index < -0.39 is 0 Å². The van der Waals surface area contributed by atoms with Crippen LogP contribution in [0.15, 0.2) is 0 Å². The molecular weight excluding hydrogens is 238 g/mol. The number of halogens is 1. The van der Waals surface area contributed by atoms with Crippen molar-refractivity contribution < 1.29 is 0 Å². The average molecular weight is 262 g/mol. The minimum Gasteiger partial charge on any atom is -0.300 e. The molecule has 1 rings (SSSR count). The highest BCUT2D eigenvalue weighted by atomic mass is 79.9. The van der Waals surface area contributed by atoms with E-state index in [1.54, 1.807) is 0 Å². The number of hydrogen-bond donors (Lipinski definition) is 0. The van der Waals surface area contributed by atoms with Gasteiger partial charge in [0.25, 0.3) is 0 Å². The second-order valence-corrected chi connectivity index (χ2v) is 5.52. The summed E-state index contributed by atoms with van der Waals surface area (Å²) in [7, 11) is 0. The molecule has 2 atom stereocenters. The molecule has 0 saturated carbocycles. The fourth-order valence-electron chi connectivity index (χ4n) is 2.45. The van der Waals surface area contributed by atoms with Crippen LogP contribution in [0, 0.1) is 11.8 Å². The Labute approximate surface area is 97.4 Å². The van der Waals surface area contributed by atoms with E-state index in [2.05, 4.69) is 41.6 Å². The summed E-state index contributed by atoms with van der Waals surface area (Å²) in [5.74, 6) is 1.67. The van der Waals surface area contributed by atoms with Gasteiger partial charge in [-0.25, -0.2) is 0 Å². The molecule has 0 radical (unpaired) electrons. The lowest BCUT2D eigenvalue weighted by atomic mass is 10.0. The molecule has 1 aliphatic rings. The van der Waals surface area contributed by atoms with Crippen LogP contribution in [0.2, 0.25) is 0 Å². The highest BCUT2D eigenvalue weighted by molar-refractivity contribution is 9.09. The van der Waals surface area contributed by atoms with Gasteiger partial charge in [0.05, 0.1) is 0 Å². The predicted molar refractivity (Wildman–Crippen MR) is 67.0 cm³/mol. The van der Waals surface area contributed by atoms with Crippen LogP contribution in [-0.4, -0.2) is 29.4 Å². The Kier molecular flexibility index (Phi) is 5.47. The van der Waals surface area contributed by atoms with Crippen molar-refractivity contribution in [2.45, 2.75) is 46.1 Å². The first-order valence-corrected chi connectivity index (χ1v) is 7.11. The molecule has 0 bridgehead atoms. The van der Waals surface area contributed by atoms with Gasteiger partial charge in [-0.05, 0) is 31.2 Å². The zero-order valence-electron chi connectivity index (χ0n) is 9.80. The van der Waals surface area contributed by atoms with Crippen molar-refractivity contribution in [3.05, 3.63) is 0 Å². The molecule has 1 saturated heterocycles. The van der Waals surface area contributed by atoms with Gasteiger partial charge in [-0.3, -0.25) is 4.90 Å². The Morgan fingerprint density at radius 3 is 2.64 bits per heavy atom. The van der Waals surface area contributed by atoms with Crippen molar-refractivity contribution in [1.82, 2.24) is 4.90 Å². The topological polar surface area (TPSA) is 3.24 Å². The molecule has 1 aliphatic heterocycles. The molecule has 0 aromatic rings. The van der Waals surface area contributed by atoms with Gasteiger partial charge < -0.3 is 0 Å². The SMILES string of the molecule is CCC(CBr)CN1CCCC1C(C)C. The zero-order valence-corrected chi connectivity index (χ0v) is 11.4. The Morgan fingerprint density at radius 2 is 2.14 bits per heavy atom. The standard InChI is InChI=1S/C12H24BrN/c1-4-11(8-13)9-14-7-5-6-12(14)10(2)3/h10-12H,4-9H2,1-3H3. The summed E-state index contributed by atoms with van der Waals surface area (Å²) in [6.07, 6.45) is 4.12. The molecule has 0 amide bonds. The van der Waals surface area contributed by atoms with Crippen molar-refractivity contribution in [2.75, 3.05) is 18.4 Å². The lowest BCUT2D eigenvalue weighted by Gasteiger charge is -2.30. The fourth-order valence-corrected chi connectivity index (χ4v) is 3.11. The maximum atomic E-state index is 3.61. The molecule has 0 spiro atoms. The van der Waals surface area contributed by atoms with Crippen LogP contribution in [0.5, 0.6) is 0 Å². The summed E-state index contributed by atoms with van der Waals surface area (Å²) in [6.45, 7) is 9.64. The van der Waals surface area contributed by atoms with Gasteiger partial charge in [0.15, 0.2) is 0 Å². The second-order valence-electron chi connectivity index (χ2n) is 4.88.